The average molecular weight is 340 g/mol. The maximum atomic E-state index is 6.12. The third-order valence-electron chi connectivity index (χ3n) is 3.26. The molecule has 2 aliphatic rings. The van der Waals surface area contributed by atoms with E-state index in [0.717, 1.165) is 28.6 Å². The summed E-state index contributed by atoms with van der Waals surface area (Å²) in [7, 11) is 0. The predicted octanol–water partition coefficient (Wildman–Crippen LogP) is 5.25. The molecule has 2 heterocycles. The van der Waals surface area contributed by atoms with Crippen LogP contribution in [0.25, 0.3) is 5.70 Å². The molecule has 0 bridgehead atoms. The zero-order valence-electron chi connectivity index (χ0n) is 12.0. The number of hydrogen-bond acceptors (Lipinski definition) is 4. The van der Waals surface area contributed by atoms with E-state index in [1.165, 1.54) is 0 Å². The Hall–Kier alpha value is -0.970. The number of hydrogen-bond donors (Lipinski definition) is 0. The summed E-state index contributed by atoms with van der Waals surface area (Å²) in [6.45, 7) is 6.29. The Morgan fingerprint density at radius 1 is 1.24 bits per heavy atom. The molecule has 0 fully saturated rings. The topological polar surface area (TPSA) is 28.0 Å². The third kappa shape index (κ3) is 2.98. The number of benzene rings is 1. The lowest BCUT2D eigenvalue weighted by Crippen LogP contribution is -2.21. The molecule has 0 saturated carbocycles. The van der Waals surface area contributed by atoms with E-state index >= 15 is 0 Å². The van der Waals surface area contributed by atoms with Crippen molar-refractivity contribution >= 4 is 51.5 Å². The van der Waals surface area contributed by atoms with Gasteiger partial charge in [0.15, 0.2) is 5.17 Å². The van der Waals surface area contributed by atoms with E-state index in [0.29, 0.717) is 10.0 Å². The fraction of sp³-hybridized carbons (Fsp3) is 0.333. The SMILES string of the molecule is CC1=NN2C(c3ccc(Cl)c(Cl)c3)=CSC2=NC(C)(C)C1. The van der Waals surface area contributed by atoms with Crippen molar-refractivity contribution in [3.63, 3.8) is 0 Å². The van der Waals surface area contributed by atoms with Gasteiger partial charge >= 0.3 is 0 Å². The second kappa shape index (κ2) is 5.34. The molecule has 1 aromatic carbocycles. The van der Waals surface area contributed by atoms with Gasteiger partial charge in [-0.1, -0.05) is 41.0 Å². The molecule has 1 aromatic rings. The second-order valence-corrected chi connectivity index (χ2v) is 7.43. The van der Waals surface area contributed by atoms with Crippen LogP contribution in [-0.2, 0) is 0 Å². The largest absolute Gasteiger partial charge is 0.254 e. The molecule has 6 heteroatoms. The maximum Gasteiger partial charge on any atom is 0.189 e. The van der Waals surface area contributed by atoms with Crippen LogP contribution in [0.15, 0.2) is 33.7 Å². The molecule has 0 saturated heterocycles. The van der Waals surface area contributed by atoms with Gasteiger partial charge < -0.3 is 0 Å². The number of thioether (sulfide) groups is 1. The molecular formula is C15H15Cl2N3S. The molecule has 0 aliphatic carbocycles. The molecule has 0 radical (unpaired) electrons. The summed E-state index contributed by atoms with van der Waals surface area (Å²) < 4.78 is 0. The smallest absolute Gasteiger partial charge is 0.189 e. The molecule has 2 aliphatic heterocycles. The Bertz CT molecular complexity index is 692. The van der Waals surface area contributed by atoms with Crippen molar-refractivity contribution in [2.45, 2.75) is 32.7 Å². The lowest BCUT2D eigenvalue weighted by Gasteiger charge is -2.18. The first-order chi connectivity index (χ1) is 9.85. The Morgan fingerprint density at radius 3 is 2.71 bits per heavy atom. The molecule has 110 valence electrons. The van der Waals surface area contributed by atoms with Gasteiger partial charge in [0.2, 0.25) is 0 Å². The van der Waals surface area contributed by atoms with E-state index in [1.807, 2.05) is 24.1 Å². The molecule has 0 unspecified atom stereocenters. The number of fused-ring (bicyclic) bond motifs is 1. The van der Waals surface area contributed by atoms with E-state index in [9.17, 15) is 0 Å². The van der Waals surface area contributed by atoms with Crippen molar-refractivity contribution < 1.29 is 0 Å². The van der Waals surface area contributed by atoms with E-state index < -0.39 is 0 Å². The van der Waals surface area contributed by atoms with E-state index in [1.54, 1.807) is 17.8 Å². The summed E-state index contributed by atoms with van der Waals surface area (Å²) in [5, 5.41) is 10.6. The van der Waals surface area contributed by atoms with Crippen molar-refractivity contribution in [1.82, 2.24) is 5.01 Å². The van der Waals surface area contributed by atoms with Crippen molar-refractivity contribution in [3.8, 4) is 0 Å². The van der Waals surface area contributed by atoms with Gasteiger partial charge in [-0.15, -0.1) is 0 Å². The highest BCUT2D eigenvalue weighted by atomic mass is 35.5. The van der Waals surface area contributed by atoms with Gasteiger partial charge in [-0.25, -0.2) is 5.01 Å². The summed E-state index contributed by atoms with van der Waals surface area (Å²) >= 11 is 13.7. The van der Waals surface area contributed by atoms with Crippen LogP contribution in [0.3, 0.4) is 0 Å². The van der Waals surface area contributed by atoms with Crippen LogP contribution in [0.1, 0.15) is 32.8 Å². The number of amidine groups is 1. The van der Waals surface area contributed by atoms with Gasteiger partial charge in [0.25, 0.3) is 0 Å². The number of hydrazone groups is 1. The van der Waals surface area contributed by atoms with E-state index in [4.69, 9.17) is 33.3 Å². The molecule has 0 spiro atoms. The fourth-order valence-corrected chi connectivity index (χ4v) is 3.75. The minimum atomic E-state index is -0.133. The van der Waals surface area contributed by atoms with Gasteiger partial charge in [-0.3, -0.25) is 4.99 Å². The highest BCUT2D eigenvalue weighted by molar-refractivity contribution is 8.16. The van der Waals surface area contributed by atoms with E-state index in [-0.39, 0.29) is 5.54 Å². The Morgan fingerprint density at radius 2 is 2.00 bits per heavy atom. The first-order valence-corrected chi connectivity index (χ1v) is 8.26. The first-order valence-electron chi connectivity index (χ1n) is 6.62. The van der Waals surface area contributed by atoms with Gasteiger partial charge in [-0.05, 0) is 32.9 Å². The van der Waals surface area contributed by atoms with Crippen LogP contribution in [-0.4, -0.2) is 21.4 Å². The van der Waals surface area contributed by atoms with Crippen LogP contribution in [0.2, 0.25) is 10.0 Å². The highest BCUT2D eigenvalue weighted by Gasteiger charge is 2.31. The van der Waals surface area contributed by atoms with Gasteiger partial charge in [0.1, 0.15) is 0 Å². The van der Waals surface area contributed by atoms with Crippen molar-refractivity contribution in [1.29, 1.82) is 0 Å². The van der Waals surface area contributed by atoms with Crippen LogP contribution in [0, 0.1) is 0 Å². The summed E-state index contributed by atoms with van der Waals surface area (Å²) in [5.74, 6) is 0. The molecule has 3 nitrogen and oxygen atoms in total. The first kappa shape index (κ1) is 14.9. The molecule has 0 N–H and O–H groups in total. The number of nitrogens with zero attached hydrogens (tertiary/aromatic N) is 3. The predicted molar refractivity (Wildman–Crippen MR) is 93.1 cm³/mol. The summed E-state index contributed by atoms with van der Waals surface area (Å²) in [4.78, 5) is 4.82. The normalized spacial score (nSPS) is 20.4. The van der Waals surface area contributed by atoms with Crippen molar-refractivity contribution in [3.05, 3.63) is 39.2 Å². The van der Waals surface area contributed by atoms with Crippen LogP contribution in [0.5, 0.6) is 0 Å². The molecule has 0 amide bonds. The Labute approximate surface area is 138 Å². The van der Waals surface area contributed by atoms with Crippen molar-refractivity contribution in [2.75, 3.05) is 0 Å². The minimum Gasteiger partial charge on any atom is -0.254 e. The van der Waals surface area contributed by atoms with Gasteiger partial charge in [-0.2, -0.15) is 5.10 Å². The second-order valence-electron chi connectivity index (χ2n) is 5.78. The molecule has 21 heavy (non-hydrogen) atoms. The lowest BCUT2D eigenvalue weighted by atomic mass is 9.99. The Kier molecular flexibility index (Phi) is 3.80. The zero-order valence-corrected chi connectivity index (χ0v) is 14.4. The monoisotopic (exact) mass is 339 g/mol. The average Bonchev–Trinajstić information content (AvgIpc) is 2.69. The quantitative estimate of drug-likeness (QED) is 0.698. The van der Waals surface area contributed by atoms with E-state index in [2.05, 4.69) is 19.3 Å². The maximum absolute atomic E-state index is 6.12. The number of aliphatic imine (C=N–C) groups is 1. The fourth-order valence-electron chi connectivity index (χ4n) is 2.46. The number of halogens is 2. The summed E-state index contributed by atoms with van der Waals surface area (Å²) in [5.41, 5.74) is 2.89. The van der Waals surface area contributed by atoms with Crippen LogP contribution in [0.4, 0.5) is 0 Å². The summed E-state index contributed by atoms with van der Waals surface area (Å²) in [6, 6.07) is 5.61. The van der Waals surface area contributed by atoms with Crippen LogP contribution >= 0.6 is 35.0 Å². The molecule has 3 rings (SSSR count). The lowest BCUT2D eigenvalue weighted by molar-refractivity contribution is 0.546. The van der Waals surface area contributed by atoms with Crippen molar-refractivity contribution in [2.24, 2.45) is 10.1 Å². The summed E-state index contributed by atoms with van der Waals surface area (Å²) in [6.07, 6.45) is 0.849. The van der Waals surface area contributed by atoms with Crippen LogP contribution < -0.4 is 0 Å². The molecular weight excluding hydrogens is 325 g/mol. The minimum absolute atomic E-state index is 0.133. The van der Waals surface area contributed by atoms with Gasteiger partial charge in [0, 0.05) is 23.1 Å². The standard InChI is InChI=1S/C15H15Cl2N3S/c1-9-7-15(2,3)18-14-20(19-9)13(8-21-14)10-4-5-11(16)12(17)6-10/h4-6,8H,7H2,1-3H3. The van der Waals surface area contributed by atoms with Gasteiger partial charge in [0.05, 0.1) is 21.3 Å². The number of rotatable bonds is 1. The molecule has 0 atom stereocenters. The Balaban J connectivity index is 2.03. The zero-order chi connectivity index (χ0) is 15.2. The molecule has 0 aromatic heterocycles. The highest BCUT2D eigenvalue weighted by Crippen LogP contribution is 2.38. The third-order valence-corrected chi connectivity index (χ3v) is 4.81.